The van der Waals surface area contributed by atoms with Crippen LogP contribution in [0.1, 0.15) is 6.42 Å². The summed E-state index contributed by atoms with van der Waals surface area (Å²) in [5.74, 6) is -2.85. The van der Waals surface area contributed by atoms with Crippen molar-refractivity contribution in [2.75, 3.05) is 38.6 Å². The van der Waals surface area contributed by atoms with Crippen LogP contribution in [0.2, 0.25) is 0 Å². The quantitative estimate of drug-likeness (QED) is 0.517. The zero-order chi connectivity index (χ0) is 22.6. The fraction of sp³-hybridized carbons (Fsp3) is 0.364. The molecule has 3 aromatic rings. The van der Waals surface area contributed by atoms with Gasteiger partial charge in [-0.15, -0.1) is 0 Å². The predicted octanol–water partition coefficient (Wildman–Crippen LogP) is 2.47. The van der Waals surface area contributed by atoms with Gasteiger partial charge < -0.3 is 20.7 Å². The molecule has 10 heteroatoms. The smallest absolute Gasteiger partial charge is 0.257 e. The number of nitrogens with one attached hydrogen (secondary N) is 3. The lowest BCUT2D eigenvalue weighted by atomic mass is 9.95. The number of alkyl halides is 2. The molecule has 2 aromatic heterocycles. The van der Waals surface area contributed by atoms with E-state index in [-0.39, 0.29) is 32.0 Å². The molecule has 0 bridgehead atoms. The summed E-state index contributed by atoms with van der Waals surface area (Å²) >= 11 is 0. The molecule has 1 aromatic carbocycles. The Labute approximate surface area is 183 Å². The number of amides is 1. The SMILES string of the molecule is CNC(=O)COc1ccc(-c2cc3nccnc3c(NC[C@@H]3CNCCC3(F)F)n2)cc1. The van der Waals surface area contributed by atoms with Crippen LogP contribution < -0.4 is 20.7 Å². The van der Waals surface area contributed by atoms with Gasteiger partial charge in [0.05, 0.1) is 17.1 Å². The summed E-state index contributed by atoms with van der Waals surface area (Å²) in [5, 5.41) is 8.58. The van der Waals surface area contributed by atoms with Crippen molar-refractivity contribution >= 4 is 22.8 Å². The zero-order valence-electron chi connectivity index (χ0n) is 17.6. The minimum Gasteiger partial charge on any atom is -0.484 e. The van der Waals surface area contributed by atoms with E-state index < -0.39 is 11.8 Å². The number of carbonyl (C=O) groups is 1. The number of fused-ring (bicyclic) bond motifs is 1. The van der Waals surface area contributed by atoms with Gasteiger partial charge in [-0.2, -0.15) is 0 Å². The minimum absolute atomic E-state index is 0.0639. The van der Waals surface area contributed by atoms with E-state index in [9.17, 15) is 13.6 Å². The third kappa shape index (κ3) is 4.91. The standard InChI is InChI=1S/C22H24F2N6O2/c1-25-19(31)13-32-16-4-2-14(3-5-16)17-10-18-20(28-9-8-27-18)21(30-17)29-12-15-11-26-7-6-22(15,23)24/h2-5,8-10,15,26H,6-7,11-13H2,1H3,(H,25,31)(H,29,30)/t15-/m0/s1. The van der Waals surface area contributed by atoms with Gasteiger partial charge in [0.2, 0.25) is 0 Å². The Kier molecular flexibility index (Phi) is 6.40. The number of hydrogen-bond donors (Lipinski definition) is 3. The average molecular weight is 442 g/mol. The fourth-order valence-corrected chi connectivity index (χ4v) is 3.51. The van der Waals surface area contributed by atoms with Crippen LogP contribution in [0.3, 0.4) is 0 Å². The van der Waals surface area contributed by atoms with Crippen LogP contribution in [0.15, 0.2) is 42.7 Å². The Morgan fingerprint density at radius 3 is 2.78 bits per heavy atom. The summed E-state index contributed by atoms with van der Waals surface area (Å²) in [5.41, 5.74) is 2.53. The van der Waals surface area contributed by atoms with Gasteiger partial charge in [0, 0.05) is 51.1 Å². The summed E-state index contributed by atoms with van der Waals surface area (Å²) in [6.07, 6.45) is 2.94. The lowest BCUT2D eigenvalue weighted by Crippen LogP contribution is -2.47. The van der Waals surface area contributed by atoms with Crippen LogP contribution >= 0.6 is 0 Å². The summed E-state index contributed by atoms with van der Waals surface area (Å²) in [6.45, 7) is 0.540. The summed E-state index contributed by atoms with van der Waals surface area (Å²) in [6, 6.07) is 8.90. The van der Waals surface area contributed by atoms with E-state index in [0.717, 1.165) is 5.56 Å². The molecule has 1 fully saturated rings. The van der Waals surface area contributed by atoms with Crippen molar-refractivity contribution in [3.8, 4) is 17.0 Å². The molecule has 1 aliphatic rings. The van der Waals surface area contributed by atoms with Crippen LogP contribution in [0.25, 0.3) is 22.3 Å². The van der Waals surface area contributed by atoms with Crippen molar-refractivity contribution in [3.63, 3.8) is 0 Å². The Hall–Kier alpha value is -3.40. The number of ether oxygens (including phenoxy) is 1. The predicted molar refractivity (Wildman–Crippen MR) is 117 cm³/mol. The fourth-order valence-electron chi connectivity index (χ4n) is 3.51. The van der Waals surface area contributed by atoms with E-state index in [1.807, 2.05) is 12.1 Å². The normalized spacial score (nSPS) is 17.7. The third-order valence-corrected chi connectivity index (χ3v) is 5.39. The maximum absolute atomic E-state index is 14.2. The van der Waals surface area contributed by atoms with Gasteiger partial charge in [-0.3, -0.25) is 9.78 Å². The molecule has 1 saturated heterocycles. The van der Waals surface area contributed by atoms with Crippen LogP contribution in [0.5, 0.6) is 5.75 Å². The van der Waals surface area contributed by atoms with Gasteiger partial charge in [-0.05, 0) is 30.3 Å². The molecular weight excluding hydrogens is 418 g/mol. The van der Waals surface area contributed by atoms with Crippen molar-refractivity contribution in [3.05, 3.63) is 42.7 Å². The Balaban J connectivity index is 1.57. The molecule has 1 aliphatic heterocycles. The maximum atomic E-state index is 14.2. The van der Waals surface area contributed by atoms with Gasteiger partial charge in [-0.25, -0.2) is 18.7 Å². The van der Waals surface area contributed by atoms with Crippen molar-refractivity contribution in [2.45, 2.75) is 12.3 Å². The Morgan fingerprint density at radius 2 is 2.03 bits per heavy atom. The van der Waals surface area contributed by atoms with Crippen LogP contribution in [-0.2, 0) is 4.79 Å². The number of pyridine rings is 1. The molecule has 4 rings (SSSR count). The first kappa shape index (κ1) is 21.8. The third-order valence-electron chi connectivity index (χ3n) is 5.39. The highest BCUT2D eigenvalue weighted by Gasteiger charge is 2.41. The number of nitrogens with zero attached hydrogens (tertiary/aromatic N) is 3. The zero-order valence-corrected chi connectivity index (χ0v) is 17.6. The number of hydrogen-bond acceptors (Lipinski definition) is 7. The van der Waals surface area contributed by atoms with Crippen molar-refractivity contribution in [1.82, 2.24) is 25.6 Å². The lowest BCUT2D eigenvalue weighted by Gasteiger charge is -2.32. The first-order valence-corrected chi connectivity index (χ1v) is 10.3. The molecular formula is C22H24F2N6O2. The molecule has 3 heterocycles. The molecule has 168 valence electrons. The molecule has 0 unspecified atom stereocenters. The van der Waals surface area contributed by atoms with Gasteiger partial charge in [0.1, 0.15) is 11.3 Å². The van der Waals surface area contributed by atoms with Crippen LogP contribution in [0.4, 0.5) is 14.6 Å². The molecule has 1 amide bonds. The van der Waals surface area contributed by atoms with Crippen molar-refractivity contribution in [2.24, 2.45) is 5.92 Å². The molecule has 0 radical (unpaired) electrons. The number of anilines is 1. The van der Waals surface area contributed by atoms with Gasteiger partial charge in [-0.1, -0.05) is 0 Å². The second kappa shape index (κ2) is 9.39. The summed E-state index contributed by atoms with van der Waals surface area (Å²) < 4.78 is 33.9. The Bertz CT molecular complexity index is 1090. The maximum Gasteiger partial charge on any atom is 0.257 e. The van der Waals surface area contributed by atoms with Gasteiger partial charge in [0.15, 0.2) is 12.4 Å². The molecule has 0 aliphatic carbocycles. The Morgan fingerprint density at radius 1 is 1.25 bits per heavy atom. The second-order valence-corrected chi connectivity index (χ2v) is 7.56. The van der Waals surface area contributed by atoms with E-state index in [1.54, 1.807) is 37.6 Å². The van der Waals surface area contributed by atoms with Gasteiger partial charge in [0.25, 0.3) is 11.8 Å². The molecule has 0 saturated carbocycles. The minimum atomic E-state index is -2.73. The van der Waals surface area contributed by atoms with E-state index >= 15 is 0 Å². The first-order valence-electron chi connectivity index (χ1n) is 10.3. The summed E-state index contributed by atoms with van der Waals surface area (Å²) in [4.78, 5) is 24.7. The molecule has 8 nitrogen and oxygen atoms in total. The molecule has 3 N–H and O–H groups in total. The first-order chi connectivity index (χ1) is 15.5. The largest absolute Gasteiger partial charge is 0.484 e. The highest BCUT2D eigenvalue weighted by Crippen LogP contribution is 2.32. The van der Waals surface area contributed by atoms with E-state index in [2.05, 4.69) is 30.9 Å². The molecule has 32 heavy (non-hydrogen) atoms. The number of benzene rings is 1. The van der Waals surface area contributed by atoms with E-state index in [1.165, 1.54) is 0 Å². The van der Waals surface area contributed by atoms with E-state index in [0.29, 0.717) is 34.8 Å². The highest BCUT2D eigenvalue weighted by atomic mass is 19.3. The van der Waals surface area contributed by atoms with E-state index in [4.69, 9.17) is 4.74 Å². The van der Waals surface area contributed by atoms with Crippen LogP contribution in [0, 0.1) is 5.92 Å². The highest BCUT2D eigenvalue weighted by molar-refractivity contribution is 5.88. The number of rotatable bonds is 7. The number of carbonyl (C=O) groups excluding carboxylic acids is 1. The van der Waals surface area contributed by atoms with Crippen LogP contribution in [-0.4, -0.2) is 60.1 Å². The molecule has 0 spiro atoms. The number of aromatic nitrogens is 3. The number of likely N-dealkylation sites (N-methyl/N-ethyl adjacent to an activating group) is 1. The van der Waals surface area contributed by atoms with Crippen molar-refractivity contribution in [1.29, 1.82) is 0 Å². The molecule has 1 atom stereocenters. The second-order valence-electron chi connectivity index (χ2n) is 7.56. The number of piperidine rings is 1. The lowest BCUT2D eigenvalue weighted by molar-refractivity contribution is -0.122. The monoisotopic (exact) mass is 442 g/mol. The summed E-state index contributed by atoms with van der Waals surface area (Å²) in [7, 11) is 1.54. The topological polar surface area (TPSA) is 101 Å². The average Bonchev–Trinajstić information content (AvgIpc) is 2.81. The number of halogens is 2. The van der Waals surface area contributed by atoms with Gasteiger partial charge >= 0.3 is 0 Å². The van der Waals surface area contributed by atoms with Crippen molar-refractivity contribution < 1.29 is 18.3 Å².